The minimum atomic E-state index is -1.00. The average Bonchev–Trinajstić information content (AvgIpc) is 2.45. The summed E-state index contributed by atoms with van der Waals surface area (Å²) in [6.45, 7) is 1.75. The summed E-state index contributed by atoms with van der Waals surface area (Å²) in [5, 5.41) is 9.64. The van der Waals surface area contributed by atoms with Gasteiger partial charge in [0.2, 0.25) is 5.91 Å². The fraction of sp³-hybridized carbons (Fsp3) is 0.667. The van der Waals surface area contributed by atoms with Crippen molar-refractivity contribution in [2.75, 3.05) is 19.6 Å². The van der Waals surface area contributed by atoms with Gasteiger partial charge in [0.1, 0.15) is 5.60 Å². The van der Waals surface area contributed by atoms with Gasteiger partial charge >= 0.3 is 0 Å². The summed E-state index contributed by atoms with van der Waals surface area (Å²) in [6, 6.07) is 0. The van der Waals surface area contributed by atoms with Crippen molar-refractivity contribution in [1.29, 1.82) is 0 Å². The third kappa shape index (κ3) is 2.72. The molecule has 72 valence electrons. The molecule has 1 aliphatic rings. The number of nitrogens with two attached hydrogens (primary N) is 1. The molecule has 1 fully saturated rings. The van der Waals surface area contributed by atoms with Gasteiger partial charge in [-0.15, -0.1) is 6.42 Å². The Labute approximate surface area is 77.7 Å². The second-order valence-corrected chi connectivity index (χ2v) is 3.42. The first-order valence-corrected chi connectivity index (χ1v) is 4.26. The van der Waals surface area contributed by atoms with Crippen molar-refractivity contribution < 1.29 is 9.90 Å². The van der Waals surface area contributed by atoms with Crippen LogP contribution in [0.5, 0.6) is 0 Å². The minimum absolute atomic E-state index is 0.320. The Morgan fingerprint density at radius 1 is 1.77 bits per heavy atom. The van der Waals surface area contributed by atoms with Crippen LogP contribution in [0.4, 0.5) is 0 Å². The number of primary amides is 1. The van der Waals surface area contributed by atoms with Crippen LogP contribution >= 0.6 is 0 Å². The standard InChI is InChI=1S/C9H14N2O2/c1-2-9(13)4-6-11(7-9)5-3-8(10)12/h1,13H,3-7H2,(H2,10,12). The van der Waals surface area contributed by atoms with Gasteiger partial charge < -0.3 is 10.8 Å². The number of carbonyl (C=O) groups is 1. The quantitative estimate of drug-likeness (QED) is 0.546. The van der Waals surface area contributed by atoms with Gasteiger partial charge in [-0.1, -0.05) is 5.92 Å². The molecule has 0 aromatic heterocycles. The van der Waals surface area contributed by atoms with Gasteiger partial charge in [-0.3, -0.25) is 9.69 Å². The number of nitrogens with zero attached hydrogens (tertiary/aromatic N) is 1. The zero-order chi connectivity index (χ0) is 9.90. The highest BCUT2D eigenvalue weighted by Gasteiger charge is 2.33. The van der Waals surface area contributed by atoms with E-state index in [2.05, 4.69) is 5.92 Å². The SMILES string of the molecule is C#CC1(O)CCN(CCC(N)=O)C1. The van der Waals surface area contributed by atoms with Crippen molar-refractivity contribution in [3.8, 4) is 12.3 Å². The van der Waals surface area contributed by atoms with Crippen LogP contribution in [0, 0.1) is 12.3 Å². The van der Waals surface area contributed by atoms with E-state index < -0.39 is 5.60 Å². The lowest BCUT2D eigenvalue weighted by atomic mass is 10.1. The van der Waals surface area contributed by atoms with Gasteiger partial charge in [0.15, 0.2) is 0 Å². The average molecular weight is 182 g/mol. The predicted octanol–water partition coefficient (Wildman–Crippen LogP) is -1.07. The third-order valence-electron chi connectivity index (χ3n) is 2.27. The second kappa shape index (κ2) is 3.77. The molecule has 3 N–H and O–H groups in total. The molecule has 4 nitrogen and oxygen atoms in total. The molecule has 0 saturated carbocycles. The van der Waals surface area contributed by atoms with E-state index in [9.17, 15) is 9.90 Å². The highest BCUT2D eigenvalue weighted by Crippen LogP contribution is 2.19. The molecule has 0 aromatic carbocycles. The van der Waals surface area contributed by atoms with Gasteiger partial charge in [0.25, 0.3) is 0 Å². The number of hydrogen-bond acceptors (Lipinski definition) is 3. The van der Waals surface area contributed by atoms with Gasteiger partial charge in [-0.2, -0.15) is 0 Å². The Hall–Kier alpha value is -1.05. The maximum Gasteiger partial charge on any atom is 0.218 e. The van der Waals surface area contributed by atoms with Gasteiger partial charge in [-0.05, 0) is 0 Å². The van der Waals surface area contributed by atoms with E-state index in [0.29, 0.717) is 25.9 Å². The summed E-state index contributed by atoms with van der Waals surface area (Å²) in [5.41, 5.74) is 4.00. The molecule has 0 radical (unpaired) electrons. The Morgan fingerprint density at radius 3 is 2.92 bits per heavy atom. The maximum atomic E-state index is 10.5. The molecule has 13 heavy (non-hydrogen) atoms. The Morgan fingerprint density at radius 2 is 2.46 bits per heavy atom. The minimum Gasteiger partial charge on any atom is -0.376 e. The molecule has 1 saturated heterocycles. The third-order valence-corrected chi connectivity index (χ3v) is 2.27. The van der Waals surface area contributed by atoms with Crippen molar-refractivity contribution in [1.82, 2.24) is 4.90 Å². The van der Waals surface area contributed by atoms with Crippen molar-refractivity contribution in [3.63, 3.8) is 0 Å². The van der Waals surface area contributed by atoms with Gasteiger partial charge in [0.05, 0.1) is 0 Å². The number of hydrogen-bond donors (Lipinski definition) is 2. The first-order chi connectivity index (χ1) is 6.06. The monoisotopic (exact) mass is 182 g/mol. The summed E-state index contributed by atoms with van der Waals surface area (Å²) in [4.78, 5) is 12.4. The van der Waals surface area contributed by atoms with E-state index in [4.69, 9.17) is 12.2 Å². The molecule has 1 amide bonds. The molecular weight excluding hydrogens is 168 g/mol. The maximum absolute atomic E-state index is 10.5. The van der Waals surface area contributed by atoms with Crippen LogP contribution < -0.4 is 5.73 Å². The highest BCUT2D eigenvalue weighted by molar-refractivity contribution is 5.73. The number of aliphatic hydroxyl groups is 1. The molecule has 1 unspecified atom stereocenters. The van der Waals surface area contributed by atoms with E-state index in [1.165, 1.54) is 0 Å². The van der Waals surface area contributed by atoms with E-state index >= 15 is 0 Å². The molecule has 1 atom stereocenters. The van der Waals surface area contributed by atoms with Crippen molar-refractivity contribution in [2.45, 2.75) is 18.4 Å². The summed E-state index contributed by atoms with van der Waals surface area (Å²) < 4.78 is 0. The number of rotatable bonds is 3. The molecular formula is C9H14N2O2. The molecule has 4 heteroatoms. The fourth-order valence-corrected chi connectivity index (χ4v) is 1.45. The summed E-state index contributed by atoms with van der Waals surface area (Å²) in [5.74, 6) is 2.03. The first-order valence-electron chi connectivity index (χ1n) is 4.26. The smallest absolute Gasteiger partial charge is 0.218 e. The van der Waals surface area contributed by atoms with Crippen LogP contribution in [0.1, 0.15) is 12.8 Å². The number of amides is 1. The van der Waals surface area contributed by atoms with Crippen molar-refractivity contribution in [2.24, 2.45) is 5.73 Å². The fourth-order valence-electron chi connectivity index (χ4n) is 1.45. The molecule has 1 aliphatic heterocycles. The zero-order valence-corrected chi connectivity index (χ0v) is 7.49. The van der Waals surface area contributed by atoms with Crippen LogP contribution in [-0.2, 0) is 4.79 Å². The van der Waals surface area contributed by atoms with E-state index in [1.54, 1.807) is 0 Å². The number of carbonyl (C=O) groups excluding carboxylic acids is 1. The van der Waals surface area contributed by atoms with Crippen LogP contribution in [0.15, 0.2) is 0 Å². The molecule has 1 heterocycles. The first kappa shape index (κ1) is 10.0. The molecule has 0 aromatic rings. The highest BCUT2D eigenvalue weighted by atomic mass is 16.3. The summed E-state index contributed by atoms with van der Waals surface area (Å²) in [7, 11) is 0. The lowest BCUT2D eigenvalue weighted by Crippen LogP contribution is -2.33. The Bertz CT molecular complexity index is 246. The van der Waals surface area contributed by atoms with Crippen LogP contribution in [0.25, 0.3) is 0 Å². The lowest BCUT2D eigenvalue weighted by Gasteiger charge is -2.17. The molecule has 1 rings (SSSR count). The number of terminal acetylenes is 1. The topological polar surface area (TPSA) is 66.6 Å². The van der Waals surface area contributed by atoms with Gasteiger partial charge in [-0.25, -0.2) is 0 Å². The van der Waals surface area contributed by atoms with Crippen molar-refractivity contribution in [3.05, 3.63) is 0 Å². The van der Waals surface area contributed by atoms with Crippen LogP contribution in [-0.4, -0.2) is 41.1 Å². The largest absolute Gasteiger partial charge is 0.376 e. The molecule has 0 bridgehead atoms. The Balaban J connectivity index is 2.34. The molecule has 0 spiro atoms. The normalized spacial score (nSPS) is 28.6. The van der Waals surface area contributed by atoms with Gasteiger partial charge in [0, 0.05) is 32.5 Å². The Kier molecular flexibility index (Phi) is 2.91. The number of likely N-dealkylation sites (tertiary alicyclic amines) is 1. The lowest BCUT2D eigenvalue weighted by molar-refractivity contribution is -0.118. The van der Waals surface area contributed by atoms with E-state index in [-0.39, 0.29) is 5.91 Å². The van der Waals surface area contributed by atoms with Crippen molar-refractivity contribution >= 4 is 5.91 Å². The summed E-state index contributed by atoms with van der Waals surface area (Å²) in [6.07, 6.45) is 6.06. The predicted molar refractivity (Wildman–Crippen MR) is 48.7 cm³/mol. The zero-order valence-electron chi connectivity index (χ0n) is 7.49. The number of β-amino-alcohol motifs (C(OH)–C–C–N with tert-alkyl or cyclic N) is 1. The van der Waals surface area contributed by atoms with E-state index in [1.807, 2.05) is 4.90 Å². The van der Waals surface area contributed by atoms with E-state index in [0.717, 1.165) is 6.54 Å². The van der Waals surface area contributed by atoms with Crippen LogP contribution in [0.3, 0.4) is 0 Å². The molecule has 0 aliphatic carbocycles. The van der Waals surface area contributed by atoms with Crippen LogP contribution in [0.2, 0.25) is 0 Å². The summed E-state index contributed by atoms with van der Waals surface area (Å²) >= 11 is 0. The second-order valence-electron chi connectivity index (χ2n) is 3.42.